The van der Waals surface area contributed by atoms with Crippen molar-refractivity contribution in [3.63, 3.8) is 0 Å². The molecule has 0 radical (unpaired) electrons. The van der Waals surface area contributed by atoms with Crippen LogP contribution in [0.5, 0.6) is 0 Å². The van der Waals surface area contributed by atoms with Gasteiger partial charge in [-0.3, -0.25) is 4.79 Å². The maximum atomic E-state index is 12.5. The first kappa shape index (κ1) is 15.8. The number of anilines is 1. The van der Waals surface area contributed by atoms with Crippen LogP contribution in [0.4, 0.5) is 5.69 Å². The van der Waals surface area contributed by atoms with Crippen LogP contribution in [0.15, 0.2) is 29.2 Å². The van der Waals surface area contributed by atoms with Gasteiger partial charge in [0.05, 0.1) is 16.2 Å². The molecule has 1 fully saturated rings. The zero-order valence-electron chi connectivity index (χ0n) is 12.0. The van der Waals surface area contributed by atoms with Crippen molar-refractivity contribution < 1.29 is 13.2 Å². The van der Waals surface area contributed by atoms with Crippen LogP contribution in [0.2, 0.25) is 0 Å². The highest BCUT2D eigenvalue weighted by Crippen LogP contribution is 2.25. The van der Waals surface area contributed by atoms with Crippen LogP contribution in [-0.4, -0.2) is 43.6 Å². The lowest BCUT2D eigenvalue weighted by Gasteiger charge is -2.32. The Bertz CT molecular complexity index is 603. The van der Waals surface area contributed by atoms with Gasteiger partial charge in [0.15, 0.2) is 9.84 Å². The molecular formula is C14H21N3O3S. The van der Waals surface area contributed by atoms with E-state index in [9.17, 15) is 13.2 Å². The third-order valence-corrected chi connectivity index (χ3v) is 6.07. The summed E-state index contributed by atoms with van der Waals surface area (Å²) >= 11 is 0. The molecule has 4 N–H and O–H groups in total. The molecule has 0 bridgehead atoms. The third-order valence-electron chi connectivity index (χ3n) is 3.79. The average Bonchev–Trinajstić information content (AvgIpc) is 2.47. The van der Waals surface area contributed by atoms with Crippen molar-refractivity contribution >= 4 is 21.4 Å². The van der Waals surface area contributed by atoms with Crippen LogP contribution < -0.4 is 11.5 Å². The minimum atomic E-state index is -3.37. The number of likely N-dealkylation sites (tertiary alicyclic amines) is 1. The standard InChI is InChI=1S/C14H21N3O3S/c1-10(15)14(18)17-8-6-13(7-9-17)21(19,20)12-4-2-11(16)3-5-12/h2-5,10,13H,6-9,15-16H2,1H3/t10-/m0/s1. The van der Waals surface area contributed by atoms with Gasteiger partial charge < -0.3 is 16.4 Å². The molecule has 6 nitrogen and oxygen atoms in total. The quantitative estimate of drug-likeness (QED) is 0.785. The van der Waals surface area contributed by atoms with Gasteiger partial charge >= 0.3 is 0 Å². The fourth-order valence-electron chi connectivity index (χ4n) is 2.52. The molecule has 21 heavy (non-hydrogen) atoms. The Balaban J connectivity index is 2.07. The van der Waals surface area contributed by atoms with Crippen LogP contribution >= 0.6 is 0 Å². The number of piperidine rings is 1. The van der Waals surface area contributed by atoms with Gasteiger partial charge in [-0.1, -0.05) is 0 Å². The molecule has 1 aliphatic rings. The van der Waals surface area contributed by atoms with Gasteiger partial charge in [0.2, 0.25) is 5.91 Å². The first-order chi connectivity index (χ1) is 9.82. The molecule has 2 rings (SSSR count). The Morgan fingerprint density at radius 1 is 1.24 bits per heavy atom. The topological polar surface area (TPSA) is 106 Å². The number of nitrogen functional groups attached to an aromatic ring is 1. The molecule has 7 heteroatoms. The van der Waals surface area contributed by atoms with Crippen LogP contribution in [0.3, 0.4) is 0 Å². The molecule has 0 aliphatic carbocycles. The van der Waals surface area contributed by atoms with Crippen molar-refractivity contribution in [3.05, 3.63) is 24.3 Å². The second kappa shape index (κ2) is 6.03. The van der Waals surface area contributed by atoms with E-state index in [1.807, 2.05) is 0 Å². The van der Waals surface area contributed by atoms with Crippen molar-refractivity contribution in [2.75, 3.05) is 18.8 Å². The maximum absolute atomic E-state index is 12.5. The minimum absolute atomic E-state index is 0.127. The number of nitrogens with two attached hydrogens (primary N) is 2. The highest BCUT2D eigenvalue weighted by Gasteiger charge is 2.33. The van der Waals surface area contributed by atoms with E-state index in [0.717, 1.165) is 0 Å². The predicted molar refractivity (Wildman–Crippen MR) is 81.3 cm³/mol. The minimum Gasteiger partial charge on any atom is -0.399 e. The lowest BCUT2D eigenvalue weighted by atomic mass is 10.1. The maximum Gasteiger partial charge on any atom is 0.239 e. The normalized spacial score (nSPS) is 18.5. The molecule has 0 unspecified atom stereocenters. The summed E-state index contributed by atoms with van der Waals surface area (Å²) in [5, 5.41) is -0.460. The van der Waals surface area contributed by atoms with Gasteiger partial charge in [0.25, 0.3) is 0 Å². The zero-order valence-corrected chi connectivity index (χ0v) is 12.8. The first-order valence-electron chi connectivity index (χ1n) is 6.96. The van der Waals surface area contributed by atoms with Gasteiger partial charge in [0, 0.05) is 18.8 Å². The number of carbonyl (C=O) groups is 1. The SMILES string of the molecule is C[C@H](N)C(=O)N1CCC(S(=O)(=O)c2ccc(N)cc2)CC1. The molecule has 116 valence electrons. The second-order valence-corrected chi connectivity index (χ2v) is 7.66. The van der Waals surface area contributed by atoms with Gasteiger partial charge in [-0.25, -0.2) is 8.42 Å². The molecule has 1 aromatic rings. The van der Waals surface area contributed by atoms with Gasteiger partial charge in [-0.15, -0.1) is 0 Å². The highest BCUT2D eigenvalue weighted by molar-refractivity contribution is 7.92. The number of amides is 1. The van der Waals surface area contributed by atoms with E-state index in [1.165, 1.54) is 12.1 Å². The third kappa shape index (κ3) is 3.36. The smallest absolute Gasteiger partial charge is 0.239 e. The summed E-state index contributed by atoms with van der Waals surface area (Å²) in [5.74, 6) is -0.127. The number of nitrogens with zero attached hydrogens (tertiary/aromatic N) is 1. The van der Waals surface area contributed by atoms with E-state index < -0.39 is 21.1 Å². The molecule has 0 saturated carbocycles. The molecule has 1 atom stereocenters. The van der Waals surface area contributed by atoms with Crippen molar-refractivity contribution in [1.29, 1.82) is 0 Å². The van der Waals surface area contributed by atoms with Gasteiger partial charge in [-0.2, -0.15) is 0 Å². The Kier molecular flexibility index (Phi) is 4.53. The molecule has 1 aliphatic heterocycles. The van der Waals surface area contributed by atoms with Crippen molar-refractivity contribution in [2.24, 2.45) is 5.73 Å². The van der Waals surface area contributed by atoms with Crippen LogP contribution in [0.1, 0.15) is 19.8 Å². The van der Waals surface area contributed by atoms with Crippen molar-refractivity contribution in [2.45, 2.75) is 36.0 Å². The number of hydrogen-bond donors (Lipinski definition) is 2. The van der Waals surface area contributed by atoms with Crippen LogP contribution in [0.25, 0.3) is 0 Å². The summed E-state index contributed by atoms with van der Waals surface area (Å²) in [6.45, 7) is 2.50. The van der Waals surface area contributed by atoms with Gasteiger partial charge in [0.1, 0.15) is 0 Å². The van der Waals surface area contributed by atoms with Crippen molar-refractivity contribution in [1.82, 2.24) is 4.90 Å². The summed E-state index contributed by atoms with van der Waals surface area (Å²) < 4.78 is 25.1. The number of hydrogen-bond acceptors (Lipinski definition) is 5. The predicted octanol–water partition coefficient (Wildman–Crippen LogP) is 0.381. The summed E-state index contributed by atoms with van der Waals surface area (Å²) in [7, 11) is -3.37. The molecule has 1 saturated heterocycles. The van der Waals surface area contributed by atoms with Crippen molar-refractivity contribution in [3.8, 4) is 0 Å². The monoisotopic (exact) mass is 311 g/mol. The summed E-state index contributed by atoms with van der Waals surface area (Å²) in [6, 6.07) is 5.69. The fraction of sp³-hybridized carbons (Fsp3) is 0.500. The van der Waals surface area contributed by atoms with E-state index in [1.54, 1.807) is 24.0 Å². The molecule has 0 spiro atoms. The van der Waals surface area contributed by atoms with E-state index >= 15 is 0 Å². The zero-order chi connectivity index (χ0) is 15.6. The van der Waals surface area contributed by atoms with E-state index in [4.69, 9.17) is 11.5 Å². The first-order valence-corrected chi connectivity index (χ1v) is 8.51. The summed E-state index contributed by atoms with van der Waals surface area (Å²) in [5.41, 5.74) is 11.7. The number of rotatable bonds is 3. The lowest BCUT2D eigenvalue weighted by molar-refractivity contribution is -0.133. The summed E-state index contributed by atoms with van der Waals surface area (Å²) in [4.78, 5) is 13.7. The van der Waals surface area contributed by atoms with Gasteiger partial charge in [-0.05, 0) is 44.0 Å². The molecule has 1 heterocycles. The Morgan fingerprint density at radius 3 is 2.24 bits per heavy atom. The molecular weight excluding hydrogens is 290 g/mol. The van der Waals surface area contributed by atoms with E-state index in [-0.39, 0.29) is 10.8 Å². The molecule has 1 aromatic carbocycles. The van der Waals surface area contributed by atoms with Crippen LogP contribution in [-0.2, 0) is 14.6 Å². The number of carbonyl (C=O) groups excluding carboxylic acids is 1. The average molecular weight is 311 g/mol. The lowest BCUT2D eigenvalue weighted by Crippen LogP contribution is -2.48. The van der Waals surface area contributed by atoms with Crippen LogP contribution in [0, 0.1) is 0 Å². The fourth-order valence-corrected chi connectivity index (χ4v) is 4.26. The molecule has 0 aromatic heterocycles. The summed E-state index contributed by atoms with van der Waals surface area (Å²) in [6.07, 6.45) is 0.871. The highest BCUT2D eigenvalue weighted by atomic mass is 32.2. The van der Waals surface area contributed by atoms with E-state index in [0.29, 0.717) is 31.6 Å². The van der Waals surface area contributed by atoms with E-state index in [2.05, 4.69) is 0 Å². The second-order valence-electron chi connectivity index (χ2n) is 5.43. The molecule has 1 amide bonds. The Hall–Kier alpha value is -1.60. The number of benzene rings is 1. The Morgan fingerprint density at radius 2 is 1.76 bits per heavy atom. The Labute approximate surface area is 125 Å². The number of sulfone groups is 1. The largest absolute Gasteiger partial charge is 0.399 e.